The Morgan fingerprint density at radius 3 is 2.46 bits per heavy atom. The van der Waals surface area contributed by atoms with Gasteiger partial charge in [-0.2, -0.15) is 18.3 Å². The predicted molar refractivity (Wildman–Crippen MR) is 148 cm³/mol. The second-order valence-electron chi connectivity index (χ2n) is 9.55. The van der Waals surface area contributed by atoms with E-state index in [1.54, 1.807) is 30.3 Å². The number of para-hydroxylation sites is 1. The Morgan fingerprint density at radius 1 is 1.10 bits per heavy atom. The number of aromatic nitrogens is 2. The third kappa shape index (κ3) is 8.43. The minimum atomic E-state index is -4.60. The van der Waals surface area contributed by atoms with E-state index in [-0.39, 0.29) is 42.6 Å². The molecule has 0 saturated carbocycles. The number of methoxy groups -OCH3 is 1. The molecule has 14 heteroatoms. The molecular formula is C27H32ClF3N6O4. The lowest BCUT2D eigenvalue weighted by Crippen LogP contribution is -2.49. The lowest BCUT2D eigenvalue weighted by atomic mass is 9.92. The van der Waals surface area contributed by atoms with Gasteiger partial charge in [0.15, 0.2) is 5.69 Å². The summed E-state index contributed by atoms with van der Waals surface area (Å²) in [5.74, 6) is -0.423. The molecule has 1 aliphatic heterocycles. The van der Waals surface area contributed by atoms with Crippen LogP contribution in [0.15, 0.2) is 54.6 Å². The zero-order valence-electron chi connectivity index (χ0n) is 22.3. The lowest BCUT2D eigenvalue weighted by molar-refractivity contribution is -0.138. The second kappa shape index (κ2) is 13.8. The number of piperidine rings is 1. The number of amides is 3. The summed E-state index contributed by atoms with van der Waals surface area (Å²) in [4.78, 5) is 25.7. The smallest absolute Gasteiger partial charge is 0.388 e. The fourth-order valence-corrected chi connectivity index (χ4v) is 4.41. The van der Waals surface area contributed by atoms with Crippen molar-refractivity contribution in [1.82, 2.24) is 25.7 Å². The van der Waals surface area contributed by atoms with E-state index < -0.39 is 35.8 Å². The van der Waals surface area contributed by atoms with Crippen molar-refractivity contribution in [2.75, 3.05) is 32.1 Å². The third-order valence-corrected chi connectivity index (χ3v) is 6.52. The Balaban J connectivity index is 0.00000462. The number of carbonyl (C=O) groups excluding carboxylic acids is 2. The number of nitrogens with zero attached hydrogens (tertiary/aromatic N) is 2. The SMILES string of the molecule is COCc1ccc(C(F)(F)F)c(CNC(=O)Nc2cc(C(=O)NCC3(O)CCNCC3)nn2-c2ccccc2)c1.Cl. The number of ether oxygens (including phenoxy) is 1. The van der Waals surface area contributed by atoms with Gasteiger partial charge in [-0.25, -0.2) is 9.48 Å². The van der Waals surface area contributed by atoms with E-state index in [0.717, 1.165) is 6.07 Å². The van der Waals surface area contributed by atoms with Crippen LogP contribution in [-0.4, -0.2) is 59.2 Å². The van der Waals surface area contributed by atoms with Crippen LogP contribution in [0.5, 0.6) is 0 Å². The highest BCUT2D eigenvalue weighted by molar-refractivity contribution is 5.95. The average Bonchev–Trinajstić information content (AvgIpc) is 3.35. The maximum atomic E-state index is 13.5. The van der Waals surface area contributed by atoms with Gasteiger partial charge in [-0.05, 0) is 55.3 Å². The van der Waals surface area contributed by atoms with Gasteiger partial charge < -0.3 is 25.8 Å². The molecule has 2 aromatic carbocycles. The summed E-state index contributed by atoms with van der Waals surface area (Å²) in [6.45, 7) is 1.03. The number of benzene rings is 2. The van der Waals surface area contributed by atoms with Crippen molar-refractivity contribution in [3.63, 3.8) is 0 Å². The van der Waals surface area contributed by atoms with Gasteiger partial charge in [0.1, 0.15) is 5.82 Å². The molecule has 1 aliphatic rings. The lowest BCUT2D eigenvalue weighted by Gasteiger charge is -2.32. The molecule has 1 aromatic heterocycles. The maximum Gasteiger partial charge on any atom is 0.416 e. The van der Waals surface area contributed by atoms with E-state index in [1.807, 2.05) is 0 Å². The highest BCUT2D eigenvalue weighted by Gasteiger charge is 2.33. The van der Waals surface area contributed by atoms with Crippen molar-refractivity contribution in [3.8, 4) is 5.69 Å². The normalized spacial score (nSPS) is 14.6. The zero-order chi connectivity index (χ0) is 28.8. The van der Waals surface area contributed by atoms with E-state index in [0.29, 0.717) is 37.2 Å². The highest BCUT2D eigenvalue weighted by atomic mass is 35.5. The molecular weight excluding hydrogens is 565 g/mol. The number of carbonyl (C=O) groups is 2. The van der Waals surface area contributed by atoms with Crippen molar-refractivity contribution in [1.29, 1.82) is 0 Å². The minimum absolute atomic E-state index is 0. The van der Waals surface area contributed by atoms with Crippen LogP contribution >= 0.6 is 12.4 Å². The second-order valence-corrected chi connectivity index (χ2v) is 9.55. The number of rotatable bonds is 9. The number of anilines is 1. The van der Waals surface area contributed by atoms with Gasteiger partial charge in [-0.3, -0.25) is 10.1 Å². The summed E-state index contributed by atoms with van der Waals surface area (Å²) in [6.07, 6.45) is -3.62. The van der Waals surface area contributed by atoms with Gasteiger partial charge in [-0.1, -0.05) is 30.3 Å². The topological polar surface area (TPSA) is 130 Å². The fraction of sp³-hybridized carbons (Fsp3) is 0.370. The first-order valence-corrected chi connectivity index (χ1v) is 12.7. The number of aliphatic hydroxyl groups is 1. The first-order valence-electron chi connectivity index (χ1n) is 12.7. The van der Waals surface area contributed by atoms with Crippen LogP contribution in [0.2, 0.25) is 0 Å². The quantitative estimate of drug-likeness (QED) is 0.257. The Bertz CT molecular complexity index is 1330. The van der Waals surface area contributed by atoms with Gasteiger partial charge in [-0.15, -0.1) is 12.4 Å². The van der Waals surface area contributed by atoms with Crippen LogP contribution in [-0.2, 0) is 24.1 Å². The van der Waals surface area contributed by atoms with Crippen LogP contribution in [0.25, 0.3) is 5.69 Å². The van der Waals surface area contributed by atoms with Crippen molar-refractivity contribution >= 4 is 30.2 Å². The summed E-state index contributed by atoms with van der Waals surface area (Å²) >= 11 is 0. The zero-order valence-corrected chi connectivity index (χ0v) is 23.1. The van der Waals surface area contributed by atoms with Crippen molar-refractivity contribution in [2.24, 2.45) is 0 Å². The van der Waals surface area contributed by atoms with Gasteiger partial charge in [0.25, 0.3) is 5.91 Å². The molecule has 10 nitrogen and oxygen atoms in total. The van der Waals surface area contributed by atoms with Gasteiger partial charge in [0, 0.05) is 26.3 Å². The number of nitrogens with one attached hydrogen (secondary N) is 4. The molecule has 2 heterocycles. The number of halogens is 4. The molecule has 4 rings (SSSR count). The monoisotopic (exact) mass is 596 g/mol. The van der Waals surface area contributed by atoms with Crippen LogP contribution in [0, 0.1) is 0 Å². The molecule has 1 saturated heterocycles. The first kappa shape index (κ1) is 31.9. The summed E-state index contributed by atoms with van der Waals surface area (Å²) in [5, 5.41) is 25.9. The molecule has 0 radical (unpaired) electrons. The predicted octanol–water partition coefficient (Wildman–Crippen LogP) is 3.63. The molecule has 3 amide bonds. The maximum absolute atomic E-state index is 13.5. The van der Waals surface area contributed by atoms with Gasteiger partial charge >= 0.3 is 12.2 Å². The molecule has 41 heavy (non-hydrogen) atoms. The van der Waals surface area contributed by atoms with Crippen LogP contribution < -0.4 is 21.3 Å². The number of alkyl halides is 3. The van der Waals surface area contributed by atoms with E-state index in [1.165, 1.54) is 30.0 Å². The highest BCUT2D eigenvalue weighted by Crippen LogP contribution is 2.32. The molecule has 5 N–H and O–H groups in total. The largest absolute Gasteiger partial charge is 0.416 e. The minimum Gasteiger partial charge on any atom is -0.388 e. The van der Waals surface area contributed by atoms with Crippen LogP contribution in [0.1, 0.15) is 40.0 Å². The van der Waals surface area contributed by atoms with Gasteiger partial charge in [0.2, 0.25) is 0 Å². The molecule has 0 spiro atoms. The molecule has 1 fully saturated rings. The molecule has 3 aromatic rings. The van der Waals surface area contributed by atoms with E-state index in [2.05, 4.69) is 26.4 Å². The molecule has 0 aliphatic carbocycles. The average molecular weight is 597 g/mol. The Kier molecular flexibility index (Phi) is 10.7. The van der Waals surface area contributed by atoms with Gasteiger partial charge in [0.05, 0.1) is 23.5 Å². The molecule has 0 unspecified atom stereocenters. The summed E-state index contributed by atoms with van der Waals surface area (Å²) in [7, 11) is 1.43. The summed E-state index contributed by atoms with van der Waals surface area (Å²) < 4.78 is 47.0. The molecule has 0 bridgehead atoms. The standard InChI is InChI=1S/C27H31F3N6O4.ClH/c1-40-16-18-7-8-21(27(28,29)30)19(13-18)15-32-25(38)34-23-14-22(35-36(23)20-5-3-2-4-6-20)24(37)33-17-26(39)9-11-31-12-10-26;/h2-8,13-14,31,39H,9-12,15-17H2,1H3,(H,33,37)(H2,32,34,38);1H. The molecule has 0 atom stereocenters. The number of hydrogen-bond acceptors (Lipinski definition) is 6. The molecule has 222 valence electrons. The number of hydrogen-bond donors (Lipinski definition) is 5. The van der Waals surface area contributed by atoms with Crippen molar-refractivity contribution < 1.29 is 32.6 Å². The van der Waals surface area contributed by atoms with Crippen molar-refractivity contribution in [2.45, 2.75) is 37.8 Å². The van der Waals surface area contributed by atoms with E-state index >= 15 is 0 Å². The Hall–Kier alpha value is -3.65. The van der Waals surface area contributed by atoms with Crippen LogP contribution in [0.4, 0.5) is 23.8 Å². The Morgan fingerprint density at radius 2 is 1.80 bits per heavy atom. The third-order valence-electron chi connectivity index (χ3n) is 6.52. The Labute approximate surface area is 241 Å². The summed E-state index contributed by atoms with van der Waals surface area (Å²) in [6, 6.07) is 12.9. The number of urea groups is 1. The van der Waals surface area contributed by atoms with E-state index in [4.69, 9.17) is 4.74 Å². The van der Waals surface area contributed by atoms with Crippen molar-refractivity contribution in [3.05, 3.63) is 77.0 Å². The van der Waals surface area contributed by atoms with Crippen LogP contribution in [0.3, 0.4) is 0 Å². The fourth-order valence-electron chi connectivity index (χ4n) is 4.41. The summed E-state index contributed by atoms with van der Waals surface area (Å²) in [5.41, 5.74) is -0.955. The van der Waals surface area contributed by atoms with E-state index in [9.17, 15) is 27.9 Å². The first-order chi connectivity index (χ1) is 19.1.